The van der Waals surface area contributed by atoms with Gasteiger partial charge in [0.05, 0.1) is 18.5 Å². The third-order valence-electron chi connectivity index (χ3n) is 7.12. The molecule has 2 bridgehead atoms. The standard InChI is InChI=1S/C26H32N2O3/c1-26(2,22-11-7-4-8-12-22)25(30)31-23-18-28(15-13-21(23)14-16-28)19-24(29)27-17-20-9-5-3-6-10-20/h3-12,21,23H,13-19H2,1-2H3/p+1/t21?,23-,28?/m0/s1. The largest absolute Gasteiger partial charge is 0.455 e. The van der Waals surface area contributed by atoms with Gasteiger partial charge in [0.2, 0.25) is 0 Å². The van der Waals surface area contributed by atoms with Crippen molar-refractivity contribution in [3.63, 3.8) is 0 Å². The van der Waals surface area contributed by atoms with Crippen molar-refractivity contribution in [2.45, 2.75) is 44.8 Å². The summed E-state index contributed by atoms with van der Waals surface area (Å²) in [5.41, 5.74) is 1.37. The zero-order valence-electron chi connectivity index (χ0n) is 18.5. The Morgan fingerprint density at radius 1 is 1.00 bits per heavy atom. The van der Waals surface area contributed by atoms with Crippen molar-refractivity contribution >= 4 is 11.9 Å². The molecule has 0 unspecified atom stereocenters. The Kier molecular flexibility index (Phi) is 6.15. The summed E-state index contributed by atoms with van der Waals surface area (Å²) in [5.74, 6) is 0.297. The Labute approximate surface area is 185 Å². The highest BCUT2D eigenvalue weighted by molar-refractivity contribution is 5.82. The molecule has 3 aliphatic rings. The molecule has 3 fully saturated rings. The molecule has 0 spiro atoms. The van der Waals surface area contributed by atoms with Gasteiger partial charge in [0.15, 0.2) is 12.6 Å². The van der Waals surface area contributed by atoms with Gasteiger partial charge in [-0.05, 0) is 25.0 Å². The van der Waals surface area contributed by atoms with Crippen LogP contribution in [0.4, 0.5) is 0 Å². The molecule has 164 valence electrons. The molecule has 0 radical (unpaired) electrons. The fourth-order valence-electron chi connectivity index (χ4n) is 4.99. The van der Waals surface area contributed by atoms with Crippen molar-refractivity contribution in [1.82, 2.24) is 5.32 Å². The average Bonchev–Trinajstić information content (AvgIpc) is 2.79. The summed E-state index contributed by atoms with van der Waals surface area (Å²) >= 11 is 0. The van der Waals surface area contributed by atoms with Gasteiger partial charge in [-0.25, -0.2) is 0 Å². The predicted molar refractivity (Wildman–Crippen MR) is 120 cm³/mol. The summed E-state index contributed by atoms with van der Waals surface area (Å²) < 4.78 is 6.82. The van der Waals surface area contributed by atoms with Crippen LogP contribution < -0.4 is 5.32 Å². The number of esters is 1. The minimum absolute atomic E-state index is 0.0684. The number of carbonyl (C=O) groups excluding carboxylic acids is 2. The predicted octanol–water partition coefficient (Wildman–Crippen LogP) is 3.43. The van der Waals surface area contributed by atoms with Gasteiger partial charge >= 0.3 is 5.97 Å². The summed E-state index contributed by atoms with van der Waals surface area (Å²) in [7, 11) is 0. The highest BCUT2D eigenvalue weighted by Crippen LogP contribution is 2.37. The molecule has 0 aromatic heterocycles. The Morgan fingerprint density at radius 3 is 2.26 bits per heavy atom. The third-order valence-corrected chi connectivity index (χ3v) is 7.12. The molecule has 1 amide bonds. The maximum atomic E-state index is 13.1. The van der Waals surface area contributed by atoms with Crippen molar-refractivity contribution < 1.29 is 18.8 Å². The summed E-state index contributed by atoms with van der Waals surface area (Å²) in [6, 6.07) is 19.8. The van der Waals surface area contributed by atoms with Gasteiger partial charge in [0.25, 0.3) is 5.91 Å². The number of fused-ring (bicyclic) bond motifs is 3. The van der Waals surface area contributed by atoms with Crippen LogP contribution in [0.3, 0.4) is 0 Å². The van der Waals surface area contributed by atoms with Crippen LogP contribution in [0.15, 0.2) is 60.7 Å². The molecule has 3 saturated heterocycles. The van der Waals surface area contributed by atoms with E-state index in [0.717, 1.165) is 48.1 Å². The zero-order chi connectivity index (χ0) is 21.9. The summed E-state index contributed by atoms with van der Waals surface area (Å²) in [4.78, 5) is 25.8. The molecule has 5 rings (SSSR count). The molecule has 31 heavy (non-hydrogen) atoms. The van der Waals surface area contributed by atoms with E-state index in [0.29, 0.717) is 19.0 Å². The summed E-state index contributed by atoms with van der Waals surface area (Å²) in [6.45, 7) is 7.56. The second-order valence-electron chi connectivity index (χ2n) is 9.66. The van der Waals surface area contributed by atoms with E-state index in [1.54, 1.807) is 0 Å². The van der Waals surface area contributed by atoms with Crippen LogP contribution >= 0.6 is 0 Å². The topological polar surface area (TPSA) is 55.4 Å². The number of hydrogen-bond acceptors (Lipinski definition) is 3. The molecule has 3 aliphatic heterocycles. The Bertz CT molecular complexity index is 903. The van der Waals surface area contributed by atoms with Crippen LogP contribution in [0.5, 0.6) is 0 Å². The minimum atomic E-state index is -0.689. The van der Waals surface area contributed by atoms with Crippen molar-refractivity contribution in [1.29, 1.82) is 0 Å². The normalized spacial score (nSPS) is 25.1. The van der Waals surface area contributed by atoms with E-state index in [1.807, 2.05) is 74.5 Å². The Morgan fingerprint density at radius 2 is 1.61 bits per heavy atom. The third kappa shape index (κ3) is 4.82. The maximum absolute atomic E-state index is 13.1. The van der Waals surface area contributed by atoms with Gasteiger partial charge < -0.3 is 14.5 Å². The molecule has 1 N–H and O–H groups in total. The highest BCUT2D eigenvalue weighted by atomic mass is 16.5. The minimum Gasteiger partial charge on any atom is -0.455 e. The smallest absolute Gasteiger partial charge is 0.316 e. The van der Waals surface area contributed by atoms with E-state index in [4.69, 9.17) is 4.74 Å². The van der Waals surface area contributed by atoms with E-state index < -0.39 is 5.41 Å². The molecule has 0 saturated carbocycles. The van der Waals surface area contributed by atoms with Gasteiger partial charge in [0.1, 0.15) is 6.54 Å². The molecule has 2 aromatic carbocycles. The van der Waals surface area contributed by atoms with Crippen molar-refractivity contribution in [2.24, 2.45) is 5.92 Å². The number of nitrogens with zero attached hydrogens (tertiary/aromatic N) is 1. The SMILES string of the molecule is CC(C)(C(=O)O[C@H]1C[N+]2(CC(=O)NCc3ccccc3)CCC1CC2)c1ccccc1. The van der Waals surface area contributed by atoms with Gasteiger partial charge in [-0.15, -0.1) is 0 Å². The molecule has 1 atom stereocenters. The maximum Gasteiger partial charge on any atom is 0.316 e. The monoisotopic (exact) mass is 421 g/mol. The van der Waals surface area contributed by atoms with Crippen LogP contribution in [0, 0.1) is 5.92 Å². The molecule has 5 nitrogen and oxygen atoms in total. The lowest BCUT2D eigenvalue weighted by Crippen LogP contribution is -2.66. The number of nitrogens with one attached hydrogen (secondary N) is 1. The van der Waals surface area contributed by atoms with Crippen LogP contribution in [0.2, 0.25) is 0 Å². The number of ether oxygens (including phenoxy) is 1. The van der Waals surface area contributed by atoms with Crippen LogP contribution in [0.25, 0.3) is 0 Å². The first-order valence-electron chi connectivity index (χ1n) is 11.3. The van der Waals surface area contributed by atoms with Crippen molar-refractivity contribution in [3.8, 4) is 0 Å². The van der Waals surface area contributed by atoms with E-state index in [2.05, 4.69) is 5.32 Å². The van der Waals surface area contributed by atoms with Crippen LogP contribution in [-0.2, 0) is 26.3 Å². The van der Waals surface area contributed by atoms with Gasteiger partial charge in [-0.3, -0.25) is 9.59 Å². The van der Waals surface area contributed by atoms with Crippen LogP contribution in [0.1, 0.15) is 37.8 Å². The molecular formula is C26H33N2O3+. The number of amides is 1. The molecule has 0 aliphatic carbocycles. The number of rotatable bonds is 7. The Hall–Kier alpha value is -2.66. The summed E-state index contributed by atoms with van der Waals surface area (Å²) in [5, 5.41) is 3.06. The second kappa shape index (κ2) is 8.83. The Balaban J connectivity index is 1.37. The lowest BCUT2D eigenvalue weighted by atomic mass is 9.82. The number of carbonyl (C=O) groups is 2. The highest BCUT2D eigenvalue weighted by Gasteiger charge is 2.49. The molecule has 5 heteroatoms. The molecule has 3 heterocycles. The van der Waals surface area contributed by atoms with E-state index in [1.165, 1.54) is 0 Å². The average molecular weight is 422 g/mol. The number of benzene rings is 2. The molecule has 2 aromatic rings. The second-order valence-corrected chi connectivity index (χ2v) is 9.66. The first-order chi connectivity index (χ1) is 14.9. The van der Waals surface area contributed by atoms with Gasteiger partial charge in [0, 0.05) is 25.3 Å². The zero-order valence-corrected chi connectivity index (χ0v) is 18.5. The quantitative estimate of drug-likeness (QED) is 0.550. The van der Waals surface area contributed by atoms with Crippen molar-refractivity contribution in [2.75, 3.05) is 26.2 Å². The van der Waals surface area contributed by atoms with Crippen LogP contribution in [-0.4, -0.2) is 48.6 Å². The lowest BCUT2D eigenvalue weighted by molar-refractivity contribution is -0.939. The fraction of sp³-hybridized carbons (Fsp3) is 0.462. The first-order valence-corrected chi connectivity index (χ1v) is 11.3. The lowest BCUT2D eigenvalue weighted by Gasteiger charge is -2.51. The van der Waals surface area contributed by atoms with E-state index in [-0.39, 0.29) is 18.0 Å². The molecular weight excluding hydrogens is 388 g/mol. The van der Waals surface area contributed by atoms with Gasteiger partial charge in [-0.1, -0.05) is 60.7 Å². The number of piperidine rings is 3. The summed E-state index contributed by atoms with van der Waals surface area (Å²) in [6.07, 6.45) is 1.91. The van der Waals surface area contributed by atoms with Crippen molar-refractivity contribution in [3.05, 3.63) is 71.8 Å². The number of hydrogen-bond donors (Lipinski definition) is 1. The first kappa shape index (κ1) is 21.6. The van der Waals surface area contributed by atoms with E-state index >= 15 is 0 Å². The number of quaternary nitrogens is 1. The fourth-order valence-corrected chi connectivity index (χ4v) is 4.99. The van der Waals surface area contributed by atoms with Gasteiger partial charge in [-0.2, -0.15) is 0 Å². The van der Waals surface area contributed by atoms with E-state index in [9.17, 15) is 9.59 Å².